The first-order valence-corrected chi connectivity index (χ1v) is 7.79. The minimum Gasteiger partial charge on any atom is -0.361 e. The first kappa shape index (κ1) is 14.5. The minimum absolute atomic E-state index is 0.801. The first-order valence-electron chi connectivity index (χ1n) is 7.00. The third-order valence-corrected chi connectivity index (χ3v) is 4.23. The first-order chi connectivity index (χ1) is 10.1. The van der Waals surface area contributed by atoms with Crippen LogP contribution in [0.25, 0.3) is 0 Å². The molecule has 0 amide bonds. The number of halogens is 1. The van der Waals surface area contributed by atoms with Crippen LogP contribution < -0.4 is 4.90 Å². The van der Waals surface area contributed by atoms with E-state index in [1.54, 1.807) is 12.4 Å². The quantitative estimate of drug-likeness (QED) is 0.844. The van der Waals surface area contributed by atoms with E-state index in [1.807, 2.05) is 13.8 Å². The SMILES string of the molecule is Cc1noc(C)c1CN1CCN(c2ncc(Br)cn2)CC1. The van der Waals surface area contributed by atoms with Gasteiger partial charge in [0.2, 0.25) is 5.95 Å². The zero-order valence-electron chi connectivity index (χ0n) is 12.2. The molecule has 0 radical (unpaired) electrons. The molecule has 2 aromatic heterocycles. The molecule has 7 heteroatoms. The van der Waals surface area contributed by atoms with Crippen molar-refractivity contribution in [2.45, 2.75) is 20.4 Å². The number of piperazine rings is 1. The predicted molar refractivity (Wildman–Crippen MR) is 83.2 cm³/mol. The Morgan fingerprint density at radius 3 is 2.38 bits per heavy atom. The highest BCUT2D eigenvalue weighted by molar-refractivity contribution is 9.10. The zero-order valence-corrected chi connectivity index (χ0v) is 13.8. The molecule has 0 saturated carbocycles. The van der Waals surface area contributed by atoms with E-state index in [4.69, 9.17) is 4.52 Å². The highest BCUT2D eigenvalue weighted by Gasteiger charge is 2.21. The molecule has 112 valence electrons. The standard InChI is InChI=1S/C14H18BrN5O/c1-10-13(11(2)21-18-10)9-19-3-5-20(6-4-19)14-16-7-12(15)8-17-14/h7-8H,3-6,9H2,1-2H3. The fraction of sp³-hybridized carbons (Fsp3) is 0.500. The zero-order chi connectivity index (χ0) is 14.8. The van der Waals surface area contributed by atoms with Gasteiger partial charge >= 0.3 is 0 Å². The fourth-order valence-corrected chi connectivity index (χ4v) is 2.73. The average molecular weight is 352 g/mol. The molecule has 0 N–H and O–H groups in total. The Morgan fingerprint density at radius 2 is 1.81 bits per heavy atom. The predicted octanol–water partition coefficient (Wildman–Crippen LogP) is 2.17. The lowest BCUT2D eigenvalue weighted by Crippen LogP contribution is -2.46. The van der Waals surface area contributed by atoms with Gasteiger partial charge in [0, 0.05) is 50.7 Å². The van der Waals surface area contributed by atoms with Gasteiger partial charge < -0.3 is 9.42 Å². The maximum atomic E-state index is 5.23. The van der Waals surface area contributed by atoms with Crippen molar-refractivity contribution in [2.75, 3.05) is 31.1 Å². The van der Waals surface area contributed by atoms with Crippen molar-refractivity contribution in [2.24, 2.45) is 0 Å². The molecular weight excluding hydrogens is 334 g/mol. The Balaban J connectivity index is 1.59. The molecule has 21 heavy (non-hydrogen) atoms. The van der Waals surface area contributed by atoms with Crippen molar-refractivity contribution in [3.8, 4) is 0 Å². The van der Waals surface area contributed by atoms with Crippen LogP contribution in [0.5, 0.6) is 0 Å². The van der Waals surface area contributed by atoms with Crippen LogP contribution in [0.1, 0.15) is 17.0 Å². The summed E-state index contributed by atoms with van der Waals surface area (Å²) in [4.78, 5) is 13.3. The number of aromatic nitrogens is 3. The minimum atomic E-state index is 0.801. The van der Waals surface area contributed by atoms with E-state index >= 15 is 0 Å². The van der Waals surface area contributed by atoms with Crippen LogP contribution in [0.3, 0.4) is 0 Å². The lowest BCUT2D eigenvalue weighted by atomic mass is 10.2. The van der Waals surface area contributed by atoms with Crippen LogP contribution in [0.4, 0.5) is 5.95 Å². The lowest BCUT2D eigenvalue weighted by molar-refractivity contribution is 0.247. The van der Waals surface area contributed by atoms with Crippen LogP contribution in [0, 0.1) is 13.8 Å². The van der Waals surface area contributed by atoms with E-state index in [-0.39, 0.29) is 0 Å². The second kappa shape index (κ2) is 6.11. The van der Waals surface area contributed by atoms with Gasteiger partial charge in [-0.15, -0.1) is 0 Å². The second-order valence-electron chi connectivity index (χ2n) is 5.27. The molecule has 0 spiro atoms. The van der Waals surface area contributed by atoms with E-state index in [0.29, 0.717) is 0 Å². The molecule has 6 nitrogen and oxygen atoms in total. The summed E-state index contributed by atoms with van der Waals surface area (Å²) < 4.78 is 6.13. The molecule has 1 saturated heterocycles. The number of nitrogens with zero attached hydrogens (tertiary/aromatic N) is 5. The summed E-state index contributed by atoms with van der Waals surface area (Å²) in [7, 11) is 0. The highest BCUT2D eigenvalue weighted by atomic mass is 79.9. The second-order valence-corrected chi connectivity index (χ2v) is 6.18. The van der Waals surface area contributed by atoms with Crippen LogP contribution in [0.15, 0.2) is 21.4 Å². The van der Waals surface area contributed by atoms with Crippen molar-refractivity contribution in [3.05, 3.63) is 33.9 Å². The van der Waals surface area contributed by atoms with Crippen molar-refractivity contribution < 1.29 is 4.52 Å². The van der Waals surface area contributed by atoms with Gasteiger partial charge in [-0.1, -0.05) is 5.16 Å². The van der Waals surface area contributed by atoms with Gasteiger partial charge in [-0.2, -0.15) is 0 Å². The molecular formula is C14H18BrN5O. The smallest absolute Gasteiger partial charge is 0.225 e. The van der Waals surface area contributed by atoms with Gasteiger partial charge in [-0.3, -0.25) is 4.90 Å². The summed E-state index contributed by atoms with van der Waals surface area (Å²) in [6.45, 7) is 8.72. The molecule has 1 aliphatic heterocycles. The summed E-state index contributed by atoms with van der Waals surface area (Å²) in [6.07, 6.45) is 3.58. The van der Waals surface area contributed by atoms with E-state index in [0.717, 1.165) is 54.6 Å². The molecule has 1 aliphatic rings. The summed E-state index contributed by atoms with van der Waals surface area (Å²) in [5.41, 5.74) is 2.20. The summed E-state index contributed by atoms with van der Waals surface area (Å²) in [6, 6.07) is 0. The topological polar surface area (TPSA) is 58.3 Å². The molecule has 3 rings (SSSR count). The number of hydrogen-bond acceptors (Lipinski definition) is 6. The Labute approximate surface area is 132 Å². The molecule has 0 bridgehead atoms. The third-order valence-electron chi connectivity index (χ3n) is 3.82. The van der Waals surface area contributed by atoms with E-state index in [9.17, 15) is 0 Å². The molecule has 1 fully saturated rings. The molecule has 2 aromatic rings. The number of anilines is 1. The van der Waals surface area contributed by atoms with Gasteiger partial charge in [0.1, 0.15) is 5.76 Å². The number of hydrogen-bond donors (Lipinski definition) is 0. The van der Waals surface area contributed by atoms with Gasteiger partial charge in [-0.25, -0.2) is 9.97 Å². The van der Waals surface area contributed by atoms with Gasteiger partial charge in [-0.05, 0) is 29.8 Å². The van der Waals surface area contributed by atoms with Gasteiger partial charge in [0.25, 0.3) is 0 Å². The normalized spacial score (nSPS) is 16.4. The Morgan fingerprint density at radius 1 is 1.14 bits per heavy atom. The summed E-state index contributed by atoms with van der Waals surface area (Å²) in [5.74, 6) is 1.72. The molecule has 0 aliphatic carbocycles. The Kier molecular flexibility index (Phi) is 4.21. The van der Waals surface area contributed by atoms with E-state index in [2.05, 4.69) is 40.9 Å². The monoisotopic (exact) mass is 351 g/mol. The molecule has 0 aromatic carbocycles. The van der Waals surface area contributed by atoms with E-state index < -0.39 is 0 Å². The van der Waals surface area contributed by atoms with Crippen molar-refractivity contribution in [1.82, 2.24) is 20.0 Å². The molecule has 0 unspecified atom stereocenters. The molecule has 3 heterocycles. The fourth-order valence-electron chi connectivity index (χ4n) is 2.53. The molecule has 0 atom stereocenters. The highest BCUT2D eigenvalue weighted by Crippen LogP contribution is 2.18. The average Bonchev–Trinajstić information content (AvgIpc) is 2.81. The van der Waals surface area contributed by atoms with Crippen molar-refractivity contribution >= 4 is 21.9 Å². The van der Waals surface area contributed by atoms with Crippen LogP contribution >= 0.6 is 15.9 Å². The maximum absolute atomic E-state index is 5.23. The van der Waals surface area contributed by atoms with Crippen molar-refractivity contribution in [1.29, 1.82) is 0 Å². The van der Waals surface area contributed by atoms with Crippen LogP contribution in [0.2, 0.25) is 0 Å². The van der Waals surface area contributed by atoms with Crippen LogP contribution in [-0.2, 0) is 6.54 Å². The Hall–Kier alpha value is -1.47. The van der Waals surface area contributed by atoms with Gasteiger partial charge in [0.15, 0.2) is 0 Å². The Bertz CT molecular complexity index is 585. The van der Waals surface area contributed by atoms with E-state index in [1.165, 1.54) is 5.56 Å². The summed E-state index contributed by atoms with van der Waals surface area (Å²) in [5, 5.41) is 4.02. The lowest BCUT2D eigenvalue weighted by Gasteiger charge is -2.34. The number of aryl methyl sites for hydroxylation is 2. The summed E-state index contributed by atoms with van der Waals surface area (Å²) >= 11 is 3.36. The van der Waals surface area contributed by atoms with Gasteiger partial charge in [0.05, 0.1) is 10.2 Å². The maximum Gasteiger partial charge on any atom is 0.225 e. The largest absolute Gasteiger partial charge is 0.361 e. The van der Waals surface area contributed by atoms with Crippen LogP contribution in [-0.4, -0.2) is 46.2 Å². The number of rotatable bonds is 3. The third kappa shape index (κ3) is 3.24. The van der Waals surface area contributed by atoms with Crippen molar-refractivity contribution in [3.63, 3.8) is 0 Å².